The van der Waals surface area contributed by atoms with Crippen LogP contribution in [-0.2, 0) is 23.0 Å². The zero-order valence-corrected chi connectivity index (χ0v) is 15.5. The zero-order chi connectivity index (χ0) is 17.7. The summed E-state index contributed by atoms with van der Waals surface area (Å²) in [6, 6.07) is 17.6. The fraction of sp³-hybridized carbons (Fsp3) is 0.400. The van der Waals surface area contributed by atoms with E-state index in [4.69, 9.17) is 0 Å². The highest BCUT2D eigenvalue weighted by atomic mass is 32.2. The molecule has 5 heteroatoms. The van der Waals surface area contributed by atoms with E-state index in [0.717, 1.165) is 44.5 Å². The van der Waals surface area contributed by atoms with Crippen molar-refractivity contribution < 1.29 is 8.42 Å². The van der Waals surface area contributed by atoms with Crippen LogP contribution in [0.5, 0.6) is 0 Å². The Morgan fingerprint density at radius 3 is 2.20 bits per heavy atom. The van der Waals surface area contributed by atoms with Gasteiger partial charge in [-0.1, -0.05) is 49.4 Å². The van der Waals surface area contributed by atoms with E-state index in [-0.39, 0.29) is 6.04 Å². The Bertz CT molecular complexity index is 765. The molecule has 0 atom stereocenters. The molecule has 0 bridgehead atoms. The fourth-order valence-corrected chi connectivity index (χ4v) is 4.55. The fourth-order valence-electron chi connectivity index (χ4n) is 3.24. The van der Waals surface area contributed by atoms with Gasteiger partial charge in [-0.3, -0.25) is 4.90 Å². The van der Waals surface area contributed by atoms with Gasteiger partial charge in [0.2, 0.25) is 10.0 Å². The van der Waals surface area contributed by atoms with Crippen LogP contribution in [0.3, 0.4) is 0 Å². The SMILES string of the molecule is CCc1ccc(S(=O)(=O)NC2CCN(Cc3ccccc3)CC2)cc1. The lowest BCUT2D eigenvalue weighted by atomic mass is 10.1. The number of rotatable bonds is 6. The second-order valence-electron chi connectivity index (χ2n) is 6.65. The summed E-state index contributed by atoms with van der Waals surface area (Å²) in [5.41, 5.74) is 2.45. The normalized spacial score (nSPS) is 16.8. The van der Waals surface area contributed by atoms with Gasteiger partial charge in [-0.2, -0.15) is 0 Å². The second-order valence-corrected chi connectivity index (χ2v) is 8.37. The third kappa shape index (κ3) is 4.91. The van der Waals surface area contributed by atoms with Gasteiger partial charge >= 0.3 is 0 Å². The van der Waals surface area contributed by atoms with Gasteiger partial charge in [0.25, 0.3) is 0 Å². The van der Waals surface area contributed by atoms with E-state index in [1.54, 1.807) is 12.1 Å². The number of likely N-dealkylation sites (tertiary alicyclic amines) is 1. The summed E-state index contributed by atoms with van der Waals surface area (Å²) in [5.74, 6) is 0. The Hall–Kier alpha value is -1.69. The van der Waals surface area contributed by atoms with Crippen molar-refractivity contribution in [2.24, 2.45) is 0 Å². The molecule has 1 saturated heterocycles. The summed E-state index contributed by atoms with van der Waals surface area (Å²) in [5, 5.41) is 0. The molecule has 1 heterocycles. The molecule has 1 N–H and O–H groups in total. The number of hydrogen-bond acceptors (Lipinski definition) is 3. The van der Waals surface area contributed by atoms with Crippen LogP contribution in [0, 0.1) is 0 Å². The van der Waals surface area contributed by atoms with Crippen LogP contribution >= 0.6 is 0 Å². The van der Waals surface area contributed by atoms with Crippen molar-refractivity contribution in [1.29, 1.82) is 0 Å². The van der Waals surface area contributed by atoms with Crippen LogP contribution in [0.15, 0.2) is 59.5 Å². The van der Waals surface area contributed by atoms with Crippen LogP contribution in [0.4, 0.5) is 0 Å². The van der Waals surface area contributed by atoms with Gasteiger partial charge in [-0.05, 0) is 42.5 Å². The number of nitrogens with one attached hydrogen (secondary N) is 1. The first-order chi connectivity index (χ1) is 12.1. The highest BCUT2D eigenvalue weighted by molar-refractivity contribution is 7.89. The van der Waals surface area contributed by atoms with Crippen LogP contribution in [0.2, 0.25) is 0 Å². The Balaban J connectivity index is 1.54. The van der Waals surface area contributed by atoms with Gasteiger partial charge < -0.3 is 0 Å². The molecule has 25 heavy (non-hydrogen) atoms. The van der Waals surface area contributed by atoms with Crippen LogP contribution in [0.25, 0.3) is 0 Å². The first kappa shape index (κ1) is 18.1. The summed E-state index contributed by atoms with van der Waals surface area (Å²) in [4.78, 5) is 2.74. The molecule has 0 spiro atoms. The minimum Gasteiger partial charge on any atom is -0.299 e. The number of sulfonamides is 1. The maximum Gasteiger partial charge on any atom is 0.240 e. The molecule has 134 valence electrons. The molecule has 4 nitrogen and oxygen atoms in total. The molecule has 0 radical (unpaired) electrons. The number of aryl methyl sites for hydroxylation is 1. The molecule has 0 amide bonds. The topological polar surface area (TPSA) is 49.4 Å². The Morgan fingerprint density at radius 1 is 0.960 bits per heavy atom. The van der Waals surface area contributed by atoms with E-state index in [0.29, 0.717) is 4.90 Å². The lowest BCUT2D eigenvalue weighted by Gasteiger charge is -2.32. The molecular formula is C20H26N2O2S. The van der Waals surface area contributed by atoms with Crippen LogP contribution in [0.1, 0.15) is 30.9 Å². The van der Waals surface area contributed by atoms with E-state index in [9.17, 15) is 8.42 Å². The Morgan fingerprint density at radius 2 is 1.60 bits per heavy atom. The Kier molecular flexibility index (Phi) is 5.89. The van der Waals surface area contributed by atoms with E-state index in [1.165, 1.54) is 5.56 Å². The van der Waals surface area contributed by atoms with Crippen molar-refractivity contribution in [3.05, 3.63) is 65.7 Å². The second kappa shape index (κ2) is 8.13. The summed E-state index contributed by atoms with van der Waals surface area (Å²) >= 11 is 0. The lowest BCUT2D eigenvalue weighted by molar-refractivity contribution is 0.200. The van der Waals surface area contributed by atoms with Gasteiger partial charge in [-0.25, -0.2) is 13.1 Å². The van der Waals surface area contributed by atoms with Crippen LogP contribution in [-0.4, -0.2) is 32.4 Å². The highest BCUT2D eigenvalue weighted by Gasteiger charge is 2.24. The summed E-state index contributed by atoms with van der Waals surface area (Å²) in [7, 11) is -3.43. The third-order valence-electron chi connectivity index (χ3n) is 4.80. The quantitative estimate of drug-likeness (QED) is 0.863. The molecule has 2 aromatic carbocycles. The average molecular weight is 359 g/mol. The van der Waals surface area contributed by atoms with E-state index >= 15 is 0 Å². The predicted octanol–water partition coefficient (Wildman–Crippen LogP) is 3.19. The first-order valence-electron chi connectivity index (χ1n) is 8.94. The maximum absolute atomic E-state index is 12.5. The van der Waals surface area contributed by atoms with E-state index in [1.807, 2.05) is 18.2 Å². The molecule has 3 rings (SSSR count). The third-order valence-corrected chi connectivity index (χ3v) is 6.34. The molecule has 0 unspecified atom stereocenters. The molecule has 1 fully saturated rings. The minimum atomic E-state index is -3.43. The molecule has 1 aliphatic rings. The van der Waals surface area contributed by atoms with E-state index < -0.39 is 10.0 Å². The maximum atomic E-state index is 12.5. The molecule has 0 aromatic heterocycles. The van der Waals surface area contributed by atoms with Gasteiger partial charge in [0, 0.05) is 25.7 Å². The van der Waals surface area contributed by atoms with Crippen molar-refractivity contribution in [3.63, 3.8) is 0 Å². The number of nitrogens with zero attached hydrogens (tertiary/aromatic N) is 1. The van der Waals surface area contributed by atoms with Gasteiger partial charge in [0.05, 0.1) is 4.90 Å². The van der Waals surface area contributed by atoms with Crippen molar-refractivity contribution in [1.82, 2.24) is 9.62 Å². The molecule has 2 aromatic rings. The Labute approximate surface area is 150 Å². The van der Waals surface area contributed by atoms with Gasteiger partial charge in [0.15, 0.2) is 0 Å². The molecule has 1 aliphatic heterocycles. The monoisotopic (exact) mass is 358 g/mol. The van der Waals surface area contributed by atoms with Gasteiger partial charge in [-0.15, -0.1) is 0 Å². The first-order valence-corrected chi connectivity index (χ1v) is 10.4. The smallest absolute Gasteiger partial charge is 0.240 e. The van der Waals surface area contributed by atoms with Crippen molar-refractivity contribution in [2.45, 2.75) is 43.7 Å². The largest absolute Gasteiger partial charge is 0.299 e. The summed E-state index contributed by atoms with van der Waals surface area (Å²) < 4.78 is 28.0. The highest BCUT2D eigenvalue weighted by Crippen LogP contribution is 2.17. The van der Waals surface area contributed by atoms with Crippen molar-refractivity contribution in [2.75, 3.05) is 13.1 Å². The summed E-state index contributed by atoms with van der Waals surface area (Å²) in [6.45, 7) is 4.82. The zero-order valence-electron chi connectivity index (χ0n) is 14.7. The van der Waals surface area contributed by atoms with Crippen LogP contribution < -0.4 is 4.72 Å². The minimum absolute atomic E-state index is 0.0166. The van der Waals surface area contributed by atoms with Gasteiger partial charge in [0.1, 0.15) is 0 Å². The number of benzene rings is 2. The lowest BCUT2D eigenvalue weighted by Crippen LogP contribution is -2.44. The standard InChI is InChI=1S/C20H26N2O2S/c1-2-17-8-10-20(11-9-17)25(23,24)21-19-12-14-22(15-13-19)16-18-6-4-3-5-7-18/h3-11,19,21H,2,12-16H2,1H3. The number of hydrogen-bond donors (Lipinski definition) is 1. The average Bonchev–Trinajstić information content (AvgIpc) is 2.64. The summed E-state index contributed by atoms with van der Waals surface area (Å²) in [6.07, 6.45) is 2.60. The molecular weight excluding hydrogens is 332 g/mol. The van der Waals surface area contributed by atoms with Crippen molar-refractivity contribution in [3.8, 4) is 0 Å². The molecule has 0 aliphatic carbocycles. The molecule has 0 saturated carbocycles. The number of piperidine rings is 1. The van der Waals surface area contributed by atoms with E-state index in [2.05, 4.69) is 40.8 Å². The predicted molar refractivity (Wildman–Crippen MR) is 101 cm³/mol. The van der Waals surface area contributed by atoms with Crippen molar-refractivity contribution >= 4 is 10.0 Å².